The van der Waals surface area contributed by atoms with Gasteiger partial charge in [-0.05, 0) is 76.1 Å². The molecule has 3 rings (SSSR count). The minimum absolute atomic E-state index is 0.0301. The van der Waals surface area contributed by atoms with Crippen molar-refractivity contribution in [2.24, 2.45) is 0 Å². The van der Waals surface area contributed by atoms with Crippen LogP contribution < -0.4 is 9.47 Å². The van der Waals surface area contributed by atoms with Gasteiger partial charge in [0.15, 0.2) is 0 Å². The second-order valence-corrected chi connectivity index (χ2v) is 9.37. The zero-order valence-corrected chi connectivity index (χ0v) is 21.8. The summed E-state index contributed by atoms with van der Waals surface area (Å²) in [5.41, 5.74) is 2.47. The quantitative estimate of drug-likeness (QED) is 0.220. The van der Waals surface area contributed by atoms with Crippen LogP contribution in [0.5, 0.6) is 11.5 Å². The molecule has 0 fully saturated rings. The van der Waals surface area contributed by atoms with Crippen LogP contribution in [0.1, 0.15) is 56.7 Å². The lowest BCUT2D eigenvalue weighted by Crippen LogP contribution is -2.38. The highest BCUT2D eigenvalue weighted by Crippen LogP contribution is 2.36. The summed E-state index contributed by atoms with van der Waals surface area (Å²) in [5.74, 6) is 0.520. The number of carbonyl (C=O) groups excluding carboxylic acids is 1. The second kappa shape index (κ2) is 13.5. The Morgan fingerprint density at radius 2 is 1.46 bits per heavy atom. The van der Waals surface area contributed by atoms with E-state index in [1.54, 1.807) is 36.4 Å². The van der Waals surface area contributed by atoms with Crippen LogP contribution in [0, 0.1) is 0 Å². The summed E-state index contributed by atoms with van der Waals surface area (Å²) in [6.45, 7) is 9.46. The van der Waals surface area contributed by atoms with Gasteiger partial charge in [0.1, 0.15) is 18.1 Å². The van der Waals surface area contributed by atoms with Gasteiger partial charge < -0.3 is 19.3 Å². The van der Waals surface area contributed by atoms with Gasteiger partial charge in [-0.1, -0.05) is 54.6 Å². The largest absolute Gasteiger partial charge is 0.514 e. The maximum atomic E-state index is 12.2. The van der Waals surface area contributed by atoms with Crippen molar-refractivity contribution in [1.29, 1.82) is 0 Å². The summed E-state index contributed by atoms with van der Waals surface area (Å²) in [6.07, 6.45) is -1.45. The fourth-order valence-electron chi connectivity index (χ4n) is 4.48. The minimum Gasteiger partial charge on any atom is -0.449 e. The third-order valence-electron chi connectivity index (χ3n) is 6.15. The first kappa shape index (κ1) is 27.7. The van der Waals surface area contributed by atoms with Gasteiger partial charge in [-0.15, -0.1) is 0 Å². The Labute approximate surface area is 218 Å². The van der Waals surface area contributed by atoms with E-state index in [2.05, 4.69) is 32.6 Å². The van der Waals surface area contributed by atoms with E-state index in [9.17, 15) is 14.7 Å². The molecule has 0 aliphatic rings. The summed E-state index contributed by atoms with van der Waals surface area (Å²) in [4.78, 5) is 26.1. The number of carbonyl (C=O) groups is 2. The molecule has 0 radical (unpaired) electrons. The zero-order chi connectivity index (χ0) is 26.8. The molecule has 196 valence electrons. The highest BCUT2D eigenvalue weighted by molar-refractivity contribution is 5.64. The number of hydrogen-bond donors (Lipinski definition) is 1. The molecule has 0 spiro atoms. The van der Waals surface area contributed by atoms with Crippen LogP contribution in [-0.4, -0.2) is 40.9 Å². The van der Waals surface area contributed by atoms with Crippen molar-refractivity contribution in [3.8, 4) is 11.5 Å². The molecule has 7 nitrogen and oxygen atoms in total. The minimum atomic E-state index is -1.38. The molecule has 37 heavy (non-hydrogen) atoms. The average Bonchev–Trinajstić information content (AvgIpc) is 2.86. The molecule has 3 aromatic carbocycles. The van der Waals surface area contributed by atoms with E-state index in [1.807, 2.05) is 42.5 Å². The summed E-state index contributed by atoms with van der Waals surface area (Å²) in [6, 6.07) is 24.5. The smallest absolute Gasteiger partial charge is 0.449 e. The van der Waals surface area contributed by atoms with E-state index in [-0.39, 0.29) is 18.3 Å². The standard InChI is InChI=1S/C30H35NO6/c1-21(2)31(22(3)4)18-17-26(24-11-7-5-8-12-24)27-19-23(15-16-28(27)37-29(32)33)20-35-30(34)36-25-13-9-6-10-14-25/h5-16,19,21-22,26H,17-18,20H2,1-4H3,(H,32,33). The highest BCUT2D eigenvalue weighted by Gasteiger charge is 2.23. The third kappa shape index (κ3) is 8.36. The Bertz CT molecular complexity index is 1140. The Kier molecular flexibility index (Phi) is 10.1. The lowest BCUT2D eigenvalue weighted by molar-refractivity contribution is 0.0927. The van der Waals surface area contributed by atoms with Crippen LogP contribution in [0.15, 0.2) is 78.9 Å². The molecular weight excluding hydrogens is 470 g/mol. The summed E-state index contributed by atoms with van der Waals surface area (Å²) in [7, 11) is 0. The first-order chi connectivity index (χ1) is 17.7. The molecule has 0 aromatic heterocycles. The van der Waals surface area contributed by atoms with Crippen LogP contribution in [0.25, 0.3) is 0 Å². The Hall–Kier alpha value is -3.84. The van der Waals surface area contributed by atoms with Gasteiger partial charge in [-0.3, -0.25) is 4.90 Å². The summed E-state index contributed by atoms with van der Waals surface area (Å²) in [5, 5.41) is 9.38. The molecule has 0 heterocycles. The van der Waals surface area contributed by atoms with Gasteiger partial charge >= 0.3 is 12.3 Å². The van der Waals surface area contributed by atoms with Crippen molar-refractivity contribution >= 4 is 12.3 Å². The lowest BCUT2D eigenvalue weighted by Gasteiger charge is -2.32. The van der Waals surface area contributed by atoms with Gasteiger partial charge in [0, 0.05) is 23.6 Å². The first-order valence-corrected chi connectivity index (χ1v) is 12.5. The maximum absolute atomic E-state index is 12.2. The Morgan fingerprint density at radius 1 is 0.838 bits per heavy atom. The lowest BCUT2D eigenvalue weighted by atomic mass is 9.86. The summed E-state index contributed by atoms with van der Waals surface area (Å²) >= 11 is 0. The van der Waals surface area contributed by atoms with Crippen molar-refractivity contribution in [1.82, 2.24) is 4.90 Å². The van der Waals surface area contributed by atoms with Gasteiger partial charge in [-0.2, -0.15) is 0 Å². The molecule has 0 aliphatic heterocycles. The highest BCUT2D eigenvalue weighted by atomic mass is 16.7. The van der Waals surface area contributed by atoms with Crippen LogP contribution >= 0.6 is 0 Å². The maximum Gasteiger partial charge on any atom is 0.514 e. The third-order valence-corrected chi connectivity index (χ3v) is 6.15. The fraction of sp³-hybridized carbons (Fsp3) is 0.333. The Balaban J connectivity index is 1.88. The van der Waals surface area contributed by atoms with E-state index in [0.29, 0.717) is 23.4 Å². The van der Waals surface area contributed by atoms with Gasteiger partial charge in [-0.25, -0.2) is 9.59 Å². The molecule has 0 bridgehead atoms. The molecule has 7 heteroatoms. The molecular formula is C30H35NO6. The van der Waals surface area contributed by atoms with Gasteiger partial charge in [0.25, 0.3) is 0 Å². The predicted molar refractivity (Wildman–Crippen MR) is 142 cm³/mol. The van der Waals surface area contributed by atoms with Crippen LogP contribution in [0.2, 0.25) is 0 Å². The molecule has 1 unspecified atom stereocenters. The van der Waals surface area contributed by atoms with Crippen molar-refractivity contribution < 1.29 is 28.9 Å². The first-order valence-electron chi connectivity index (χ1n) is 12.5. The molecule has 0 saturated carbocycles. The number of hydrogen-bond acceptors (Lipinski definition) is 6. The number of para-hydroxylation sites is 1. The molecule has 1 atom stereocenters. The zero-order valence-electron chi connectivity index (χ0n) is 21.8. The predicted octanol–water partition coefficient (Wildman–Crippen LogP) is 7.10. The van der Waals surface area contributed by atoms with Gasteiger partial charge in [0.2, 0.25) is 0 Å². The van der Waals surface area contributed by atoms with Crippen LogP contribution in [-0.2, 0) is 11.3 Å². The number of rotatable bonds is 11. The van der Waals surface area contributed by atoms with E-state index in [1.165, 1.54) is 0 Å². The van der Waals surface area contributed by atoms with E-state index >= 15 is 0 Å². The van der Waals surface area contributed by atoms with Crippen molar-refractivity contribution in [2.75, 3.05) is 6.54 Å². The van der Waals surface area contributed by atoms with Gasteiger partial charge in [0.05, 0.1) is 0 Å². The molecule has 0 amide bonds. The SMILES string of the molecule is CC(C)N(CCC(c1ccccc1)c1cc(COC(=O)Oc2ccccc2)ccc1OC(=O)O)C(C)C. The monoisotopic (exact) mass is 505 g/mol. The van der Waals surface area contributed by atoms with Crippen molar-refractivity contribution in [2.45, 2.75) is 58.7 Å². The van der Waals surface area contributed by atoms with Crippen LogP contribution in [0.4, 0.5) is 9.59 Å². The average molecular weight is 506 g/mol. The molecule has 0 aliphatic carbocycles. The topological polar surface area (TPSA) is 85.3 Å². The van der Waals surface area contributed by atoms with E-state index in [0.717, 1.165) is 24.1 Å². The van der Waals surface area contributed by atoms with E-state index in [4.69, 9.17) is 14.2 Å². The molecule has 0 saturated heterocycles. The normalized spacial score (nSPS) is 12.0. The number of ether oxygens (including phenoxy) is 3. The number of benzene rings is 3. The number of carboxylic acid groups (broad SMARTS) is 1. The van der Waals surface area contributed by atoms with Crippen molar-refractivity contribution in [3.63, 3.8) is 0 Å². The van der Waals surface area contributed by atoms with Crippen molar-refractivity contribution in [3.05, 3.63) is 95.6 Å². The Morgan fingerprint density at radius 3 is 2.05 bits per heavy atom. The fourth-order valence-corrected chi connectivity index (χ4v) is 4.48. The molecule has 3 aromatic rings. The van der Waals surface area contributed by atoms with E-state index < -0.39 is 12.3 Å². The summed E-state index contributed by atoms with van der Waals surface area (Å²) < 4.78 is 15.7. The van der Waals surface area contributed by atoms with Crippen LogP contribution in [0.3, 0.4) is 0 Å². The molecule has 1 N–H and O–H groups in total. The second-order valence-electron chi connectivity index (χ2n) is 9.37. The number of nitrogens with zero attached hydrogens (tertiary/aromatic N) is 1.